The average molecular weight is 347 g/mol. The molecule has 0 unspecified atom stereocenters. The molecule has 0 saturated carbocycles. The molecular weight excluding hydrogens is 316 g/mol. The van der Waals surface area contributed by atoms with Crippen molar-refractivity contribution in [3.05, 3.63) is 29.8 Å². The van der Waals surface area contributed by atoms with E-state index >= 15 is 0 Å². The monoisotopic (exact) mass is 346 g/mol. The van der Waals surface area contributed by atoms with Gasteiger partial charge in [-0.15, -0.1) is 14.4 Å². The van der Waals surface area contributed by atoms with E-state index in [1.165, 1.54) is 74.0 Å². The Hall–Kier alpha value is -1.36. The summed E-state index contributed by atoms with van der Waals surface area (Å²) in [7, 11) is 0. The van der Waals surface area contributed by atoms with Crippen LogP contribution in [0.25, 0.3) is 11.4 Å². The third-order valence-electron chi connectivity index (χ3n) is 4.43. The molecule has 1 aromatic heterocycles. The molecule has 24 heavy (non-hydrogen) atoms. The maximum Gasteiger partial charge on any atom is 0.205 e. The average Bonchev–Trinajstić information content (AvgIpc) is 3.03. The van der Waals surface area contributed by atoms with E-state index in [1.54, 1.807) is 0 Å². The molecule has 0 atom stereocenters. The molecule has 0 aliphatic rings. The number of rotatable bonds is 12. The molecule has 0 amide bonds. The molecule has 2 aromatic rings. The molecule has 0 fully saturated rings. The molecule has 0 saturated heterocycles. The van der Waals surface area contributed by atoms with Crippen LogP contribution < -0.4 is 0 Å². The van der Waals surface area contributed by atoms with E-state index in [9.17, 15) is 0 Å². The molecule has 0 aliphatic heterocycles. The van der Waals surface area contributed by atoms with Crippen LogP contribution in [0.5, 0.6) is 0 Å². The van der Waals surface area contributed by atoms with Gasteiger partial charge in [0, 0.05) is 5.56 Å². The molecule has 0 spiro atoms. The SMILES string of the molecule is CCCCCCCCCCCCc1ccc(-c2nnn(S)n2)cc1. The topological polar surface area (TPSA) is 43.6 Å². The molecule has 0 bridgehead atoms. The van der Waals surface area contributed by atoms with Crippen molar-refractivity contribution >= 4 is 12.8 Å². The molecule has 2 rings (SSSR count). The predicted octanol–water partition coefficient (Wildman–Crippen LogP) is 5.50. The molecule has 0 aliphatic carbocycles. The Morgan fingerprint density at radius 3 is 1.96 bits per heavy atom. The van der Waals surface area contributed by atoms with E-state index in [1.807, 2.05) is 0 Å². The van der Waals surface area contributed by atoms with Crippen LogP contribution in [0.4, 0.5) is 0 Å². The van der Waals surface area contributed by atoms with Gasteiger partial charge >= 0.3 is 0 Å². The summed E-state index contributed by atoms with van der Waals surface area (Å²) in [5.41, 5.74) is 2.37. The fraction of sp³-hybridized carbons (Fsp3) is 0.632. The first kappa shape index (κ1) is 19.0. The van der Waals surface area contributed by atoms with E-state index in [2.05, 4.69) is 59.4 Å². The minimum atomic E-state index is 0.621. The maximum atomic E-state index is 4.10. The molecule has 0 radical (unpaired) electrons. The van der Waals surface area contributed by atoms with Gasteiger partial charge < -0.3 is 0 Å². The van der Waals surface area contributed by atoms with E-state index in [0.717, 1.165) is 12.0 Å². The Kier molecular flexibility index (Phi) is 8.88. The molecule has 1 aromatic carbocycles. The number of thiol groups is 1. The summed E-state index contributed by atoms with van der Waals surface area (Å²) in [4.78, 5) is 0. The molecular formula is C19H30N4S. The van der Waals surface area contributed by atoms with Crippen LogP contribution in [0, 0.1) is 0 Å². The maximum absolute atomic E-state index is 4.10. The summed E-state index contributed by atoms with van der Waals surface area (Å²) >= 11 is 4.01. The van der Waals surface area contributed by atoms with Gasteiger partial charge in [-0.3, -0.25) is 0 Å². The van der Waals surface area contributed by atoms with Gasteiger partial charge in [-0.05, 0) is 36.4 Å². The normalized spacial score (nSPS) is 11.1. The van der Waals surface area contributed by atoms with Crippen LogP contribution in [-0.2, 0) is 6.42 Å². The molecule has 1 heterocycles. The Balaban J connectivity index is 1.55. The quantitative estimate of drug-likeness (QED) is 0.408. The zero-order valence-corrected chi connectivity index (χ0v) is 15.7. The van der Waals surface area contributed by atoms with Gasteiger partial charge in [0.1, 0.15) is 0 Å². The first-order valence-corrected chi connectivity index (χ1v) is 9.78. The van der Waals surface area contributed by atoms with Gasteiger partial charge in [-0.25, -0.2) is 0 Å². The van der Waals surface area contributed by atoms with Crippen molar-refractivity contribution in [3.8, 4) is 11.4 Å². The number of nitrogens with zero attached hydrogens (tertiary/aromatic N) is 4. The standard InChI is InChI=1S/C19H30N4S/c1-2-3-4-5-6-7-8-9-10-11-12-17-13-15-18(16-14-17)19-20-22-23(24)21-19/h13-16,24H,2-12H2,1H3. The third kappa shape index (κ3) is 7.04. The highest BCUT2D eigenvalue weighted by atomic mass is 32.1. The number of hydrogen-bond donors (Lipinski definition) is 1. The number of benzene rings is 1. The van der Waals surface area contributed by atoms with Crippen LogP contribution in [0.1, 0.15) is 76.7 Å². The molecule has 132 valence electrons. The Bertz CT molecular complexity index is 565. The van der Waals surface area contributed by atoms with Crippen molar-refractivity contribution in [3.63, 3.8) is 0 Å². The lowest BCUT2D eigenvalue weighted by molar-refractivity contribution is 0.556. The van der Waals surface area contributed by atoms with Crippen molar-refractivity contribution < 1.29 is 0 Å². The van der Waals surface area contributed by atoms with Gasteiger partial charge in [-0.2, -0.15) is 0 Å². The summed E-state index contributed by atoms with van der Waals surface area (Å²) in [6, 6.07) is 8.47. The van der Waals surface area contributed by atoms with Gasteiger partial charge in [0.25, 0.3) is 0 Å². The lowest BCUT2D eigenvalue weighted by Gasteiger charge is -2.04. The van der Waals surface area contributed by atoms with Crippen molar-refractivity contribution in [2.45, 2.75) is 77.6 Å². The molecule has 0 N–H and O–H groups in total. The smallest absolute Gasteiger partial charge is 0.120 e. The number of aryl methyl sites for hydroxylation is 1. The zero-order valence-electron chi connectivity index (χ0n) is 14.8. The molecule has 5 heteroatoms. The number of tetrazole rings is 1. The van der Waals surface area contributed by atoms with Crippen molar-refractivity contribution in [2.75, 3.05) is 0 Å². The number of aromatic nitrogens is 4. The number of unbranched alkanes of at least 4 members (excludes halogenated alkanes) is 9. The van der Waals surface area contributed by atoms with Gasteiger partial charge in [0.15, 0.2) is 0 Å². The second-order valence-electron chi connectivity index (χ2n) is 6.51. The highest BCUT2D eigenvalue weighted by Crippen LogP contribution is 2.17. The van der Waals surface area contributed by atoms with Gasteiger partial charge in [0.2, 0.25) is 5.82 Å². The first-order valence-electron chi connectivity index (χ1n) is 9.38. The second-order valence-corrected chi connectivity index (χ2v) is 6.87. The van der Waals surface area contributed by atoms with Crippen LogP contribution in [0.15, 0.2) is 24.3 Å². The summed E-state index contributed by atoms with van der Waals surface area (Å²) < 4.78 is 1.19. The number of hydrogen-bond acceptors (Lipinski definition) is 4. The summed E-state index contributed by atoms with van der Waals surface area (Å²) in [6.45, 7) is 2.27. The lowest BCUT2D eigenvalue weighted by atomic mass is 10.0. The summed E-state index contributed by atoms with van der Waals surface area (Å²) in [5, 5.41) is 11.8. The van der Waals surface area contributed by atoms with Crippen molar-refractivity contribution in [1.82, 2.24) is 19.6 Å². The van der Waals surface area contributed by atoms with Crippen LogP contribution >= 0.6 is 12.8 Å². The summed E-state index contributed by atoms with van der Waals surface area (Å²) in [6.07, 6.45) is 15.0. The first-order chi connectivity index (χ1) is 11.8. The third-order valence-corrected chi connectivity index (χ3v) is 4.60. The van der Waals surface area contributed by atoms with Gasteiger partial charge in [-0.1, -0.05) is 89.0 Å². The highest BCUT2D eigenvalue weighted by Gasteiger charge is 2.04. The lowest BCUT2D eigenvalue weighted by Crippen LogP contribution is -1.88. The van der Waals surface area contributed by atoms with Crippen LogP contribution in [0.2, 0.25) is 0 Å². The summed E-state index contributed by atoms with van der Waals surface area (Å²) in [5.74, 6) is 0.621. The Morgan fingerprint density at radius 1 is 0.833 bits per heavy atom. The fourth-order valence-electron chi connectivity index (χ4n) is 2.96. The van der Waals surface area contributed by atoms with Crippen LogP contribution in [0.3, 0.4) is 0 Å². The predicted molar refractivity (Wildman–Crippen MR) is 103 cm³/mol. The minimum Gasteiger partial charge on any atom is -0.120 e. The van der Waals surface area contributed by atoms with E-state index in [0.29, 0.717) is 5.82 Å². The van der Waals surface area contributed by atoms with E-state index in [4.69, 9.17) is 0 Å². The fourth-order valence-corrected chi connectivity index (χ4v) is 3.08. The molecule has 4 nitrogen and oxygen atoms in total. The van der Waals surface area contributed by atoms with Crippen molar-refractivity contribution in [1.29, 1.82) is 0 Å². The zero-order chi connectivity index (χ0) is 17.0. The van der Waals surface area contributed by atoms with Crippen molar-refractivity contribution in [2.24, 2.45) is 0 Å². The highest BCUT2D eigenvalue weighted by molar-refractivity contribution is 7.78. The Morgan fingerprint density at radius 2 is 1.42 bits per heavy atom. The minimum absolute atomic E-state index is 0.621. The van der Waals surface area contributed by atoms with E-state index < -0.39 is 0 Å². The van der Waals surface area contributed by atoms with Crippen LogP contribution in [-0.4, -0.2) is 19.6 Å². The van der Waals surface area contributed by atoms with E-state index in [-0.39, 0.29) is 0 Å². The van der Waals surface area contributed by atoms with Gasteiger partial charge in [0.05, 0.1) is 0 Å². The largest absolute Gasteiger partial charge is 0.205 e. The Labute approximate surface area is 151 Å². The second kappa shape index (κ2) is 11.2.